The minimum atomic E-state index is -0.322. The van der Waals surface area contributed by atoms with Crippen LogP contribution in [0.2, 0.25) is 5.02 Å². The number of benzene rings is 3. The molecule has 8 rings (SSSR count). The fraction of sp³-hybridized carbons (Fsp3) is 0.521. The molecule has 0 radical (unpaired) electrons. The summed E-state index contributed by atoms with van der Waals surface area (Å²) >= 11 is 6.27. The van der Waals surface area contributed by atoms with Crippen LogP contribution in [-0.4, -0.2) is 117 Å². The van der Waals surface area contributed by atoms with Crippen molar-refractivity contribution in [2.24, 2.45) is 22.7 Å². The number of ether oxygens (including phenoxy) is 4. The summed E-state index contributed by atoms with van der Waals surface area (Å²) in [6.45, 7) is 13.2. The molecule has 3 aromatic rings. The molecule has 4 fully saturated rings. The smallest absolute Gasteiger partial charge is 0.244 e. The highest BCUT2D eigenvalue weighted by Crippen LogP contribution is 2.55. The number of hydrogen-bond donors (Lipinski definition) is 3. The van der Waals surface area contributed by atoms with Gasteiger partial charge in [-0.1, -0.05) is 63.6 Å². The highest BCUT2D eigenvalue weighted by atomic mass is 35.5. The van der Waals surface area contributed by atoms with Gasteiger partial charge in [-0.2, -0.15) is 5.26 Å². The van der Waals surface area contributed by atoms with Crippen LogP contribution in [0.15, 0.2) is 72.9 Å². The first-order chi connectivity index (χ1) is 29.7. The van der Waals surface area contributed by atoms with Gasteiger partial charge >= 0.3 is 0 Å². The summed E-state index contributed by atoms with van der Waals surface area (Å²) in [6.07, 6.45) is 4.73. The lowest BCUT2D eigenvalue weighted by Crippen LogP contribution is -2.75. The number of nitrogens with one attached hydrogen (secondary N) is 3. The van der Waals surface area contributed by atoms with Crippen molar-refractivity contribution >= 4 is 29.0 Å². The van der Waals surface area contributed by atoms with Gasteiger partial charge in [0.25, 0.3) is 0 Å². The van der Waals surface area contributed by atoms with Crippen LogP contribution in [0.4, 0.5) is 0 Å². The van der Waals surface area contributed by atoms with Gasteiger partial charge < -0.3 is 29.2 Å². The summed E-state index contributed by atoms with van der Waals surface area (Å²) < 4.78 is 25.2. The van der Waals surface area contributed by atoms with Crippen molar-refractivity contribution in [2.75, 3.05) is 60.0 Å². The highest BCUT2D eigenvalue weighted by Gasteiger charge is 2.64. The maximum Gasteiger partial charge on any atom is 0.244 e. The summed E-state index contributed by atoms with van der Waals surface area (Å²) in [5.41, 5.74) is 1.89. The SMILES string of the molecule is CN1C=C(c2ccccc2Oc2cccc(OCCOC3CCN(C4NCC(C(=O)NC5C(C)(C)C(Oc6ccc(C#N)c(Cl)c6)C5(C)C)CN4)CC3)c2)C2CCN(C)C2C1=O. The molecular formula is C48H60ClN7O6. The number of piperidine rings is 1. The third-order valence-corrected chi connectivity index (χ3v) is 14.0. The van der Waals surface area contributed by atoms with Crippen LogP contribution in [0, 0.1) is 34.0 Å². The van der Waals surface area contributed by atoms with Crippen LogP contribution >= 0.6 is 11.6 Å². The number of likely N-dealkylation sites (tertiary alicyclic amines) is 2. The molecule has 0 bridgehead atoms. The van der Waals surface area contributed by atoms with Gasteiger partial charge in [-0.15, -0.1) is 0 Å². The van der Waals surface area contributed by atoms with E-state index in [1.807, 2.05) is 62.8 Å². The fourth-order valence-corrected chi connectivity index (χ4v) is 10.9. The molecule has 330 valence electrons. The van der Waals surface area contributed by atoms with Gasteiger partial charge in [0.05, 0.1) is 35.3 Å². The molecule has 0 spiro atoms. The largest absolute Gasteiger partial charge is 0.491 e. The number of halogens is 1. The Morgan fingerprint density at radius 1 is 0.903 bits per heavy atom. The summed E-state index contributed by atoms with van der Waals surface area (Å²) in [5.74, 6) is 2.85. The predicted octanol–water partition coefficient (Wildman–Crippen LogP) is 6.09. The van der Waals surface area contributed by atoms with E-state index in [2.05, 4.69) is 65.6 Å². The standard InChI is InChI=1S/C48H60ClN7O6/c1-47(2)44(48(3,4)45(47)62-35-15-14-30(26-50)39(49)25-35)53-42(57)31-27-51-46(52-28-31)56-20-16-32(17-21-56)59-22-23-60-33-10-9-11-34(24-33)61-40-13-8-7-12-36(40)38-29-55(6)43(58)41-37(38)18-19-54(41)5/h7-15,24-25,29,31-32,37,41,44-46,51-52H,16-23,27-28H2,1-6H3,(H,53,57). The molecular weight excluding hydrogens is 806 g/mol. The molecule has 4 heterocycles. The predicted molar refractivity (Wildman–Crippen MR) is 238 cm³/mol. The van der Waals surface area contributed by atoms with Gasteiger partial charge in [-0.3, -0.25) is 30.0 Å². The van der Waals surface area contributed by atoms with Crippen LogP contribution in [0.3, 0.4) is 0 Å². The average molecular weight is 867 g/mol. The number of likely N-dealkylation sites (N-methyl/N-ethyl adjacent to an activating group) is 2. The maximum absolute atomic E-state index is 13.6. The minimum Gasteiger partial charge on any atom is -0.491 e. The monoisotopic (exact) mass is 865 g/mol. The second-order valence-corrected chi connectivity index (χ2v) is 19.0. The molecule has 62 heavy (non-hydrogen) atoms. The molecule has 14 heteroatoms. The molecule has 1 saturated carbocycles. The third-order valence-electron chi connectivity index (χ3n) is 13.7. The zero-order valence-corrected chi connectivity index (χ0v) is 37.4. The Morgan fingerprint density at radius 2 is 1.63 bits per heavy atom. The van der Waals surface area contributed by atoms with Crippen molar-refractivity contribution in [1.82, 2.24) is 30.7 Å². The number of rotatable bonds is 13. The Morgan fingerprint density at radius 3 is 2.35 bits per heavy atom. The van der Waals surface area contributed by atoms with E-state index in [1.165, 1.54) is 0 Å². The van der Waals surface area contributed by atoms with Crippen LogP contribution < -0.4 is 30.2 Å². The van der Waals surface area contributed by atoms with Crippen LogP contribution in [-0.2, 0) is 14.3 Å². The van der Waals surface area contributed by atoms with E-state index in [1.54, 1.807) is 23.1 Å². The van der Waals surface area contributed by atoms with Gasteiger partial charge in [0, 0.05) is 79.9 Å². The lowest BCUT2D eigenvalue weighted by molar-refractivity contribution is -0.174. The lowest BCUT2D eigenvalue weighted by Gasteiger charge is -2.63. The average Bonchev–Trinajstić information content (AvgIpc) is 3.66. The summed E-state index contributed by atoms with van der Waals surface area (Å²) in [4.78, 5) is 32.8. The van der Waals surface area contributed by atoms with Crippen molar-refractivity contribution in [3.8, 4) is 29.1 Å². The second-order valence-electron chi connectivity index (χ2n) is 18.6. The number of carbonyl (C=O) groups excluding carboxylic acids is 2. The van der Waals surface area contributed by atoms with Gasteiger partial charge in [-0.05, 0) is 68.8 Å². The Kier molecular flexibility index (Phi) is 12.9. The van der Waals surface area contributed by atoms with Gasteiger partial charge in [-0.25, -0.2) is 0 Å². The molecule has 3 saturated heterocycles. The maximum atomic E-state index is 13.6. The zero-order valence-electron chi connectivity index (χ0n) is 36.7. The van der Waals surface area contributed by atoms with Crippen LogP contribution in [0.1, 0.15) is 58.1 Å². The summed E-state index contributed by atoms with van der Waals surface area (Å²) in [5, 5.41) is 20.1. The molecule has 1 aliphatic carbocycles. The molecule has 3 N–H and O–H groups in total. The Hall–Kier alpha value is -4.68. The number of nitrogens with zero attached hydrogens (tertiary/aromatic N) is 4. The number of nitriles is 1. The molecule has 5 aliphatic rings. The molecule has 2 amide bonds. The second kappa shape index (κ2) is 18.2. The summed E-state index contributed by atoms with van der Waals surface area (Å²) in [6, 6.07) is 22.7. The van der Waals surface area contributed by atoms with E-state index < -0.39 is 0 Å². The molecule has 4 aliphatic heterocycles. The number of carbonyl (C=O) groups is 2. The van der Waals surface area contributed by atoms with Gasteiger partial charge in [0.2, 0.25) is 11.8 Å². The minimum absolute atomic E-state index is 0.00432. The van der Waals surface area contributed by atoms with E-state index in [0.717, 1.165) is 55.8 Å². The van der Waals surface area contributed by atoms with E-state index in [9.17, 15) is 14.9 Å². The number of para-hydroxylation sites is 1. The first-order valence-corrected chi connectivity index (χ1v) is 22.3. The summed E-state index contributed by atoms with van der Waals surface area (Å²) in [7, 11) is 3.86. The Labute approximate surface area is 370 Å². The van der Waals surface area contributed by atoms with Crippen LogP contribution in [0.5, 0.6) is 23.0 Å². The Bertz CT molecular complexity index is 2180. The van der Waals surface area contributed by atoms with Crippen molar-refractivity contribution in [2.45, 2.75) is 77.5 Å². The fourth-order valence-electron chi connectivity index (χ4n) is 10.7. The number of fused-ring (bicyclic) bond motifs is 1. The first-order valence-electron chi connectivity index (χ1n) is 21.9. The Balaban J connectivity index is 0.748. The van der Waals surface area contributed by atoms with E-state index in [4.69, 9.17) is 30.5 Å². The van der Waals surface area contributed by atoms with Crippen molar-refractivity contribution < 1.29 is 28.5 Å². The molecule has 3 aromatic carbocycles. The molecule has 0 aromatic heterocycles. The molecule has 2 atom stereocenters. The first kappa shape index (κ1) is 43.9. The van der Waals surface area contributed by atoms with Crippen LogP contribution in [0.25, 0.3) is 5.57 Å². The van der Waals surface area contributed by atoms with Gasteiger partial charge in [0.1, 0.15) is 48.1 Å². The van der Waals surface area contributed by atoms with Crippen molar-refractivity contribution in [3.63, 3.8) is 0 Å². The van der Waals surface area contributed by atoms with E-state index >= 15 is 0 Å². The normalized spacial score (nSPS) is 27.4. The lowest BCUT2D eigenvalue weighted by atomic mass is 9.49. The zero-order chi connectivity index (χ0) is 43.8. The quantitative estimate of drug-likeness (QED) is 0.172. The molecule has 2 unspecified atom stereocenters. The highest BCUT2D eigenvalue weighted by molar-refractivity contribution is 6.31. The van der Waals surface area contributed by atoms with E-state index in [-0.39, 0.29) is 65.1 Å². The van der Waals surface area contributed by atoms with Crippen molar-refractivity contribution in [1.29, 1.82) is 5.26 Å². The number of hydrogen-bond acceptors (Lipinski definition) is 11. The topological polar surface area (TPSA) is 141 Å². The third kappa shape index (κ3) is 8.91. The van der Waals surface area contributed by atoms with Crippen molar-refractivity contribution in [3.05, 3.63) is 89.1 Å². The molecule has 13 nitrogen and oxygen atoms in total. The number of amides is 2. The van der Waals surface area contributed by atoms with E-state index in [0.29, 0.717) is 54.1 Å². The van der Waals surface area contributed by atoms with Gasteiger partial charge in [0.15, 0.2) is 0 Å².